The minimum absolute atomic E-state index is 0.306. The molecule has 0 aliphatic carbocycles. The molecule has 0 bridgehead atoms. The van der Waals surface area contributed by atoms with E-state index in [4.69, 9.17) is 14.2 Å². The second-order valence-electron chi connectivity index (χ2n) is 7.14. The van der Waals surface area contributed by atoms with Crippen molar-refractivity contribution >= 4 is 11.8 Å². The number of hydrogen-bond donors (Lipinski definition) is 0. The third-order valence-corrected chi connectivity index (χ3v) is 6.16. The molecule has 1 aliphatic heterocycles. The van der Waals surface area contributed by atoms with Crippen LogP contribution in [0.4, 0.5) is 0 Å². The van der Waals surface area contributed by atoms with Gasteiger partial charge in [-0.3, -0.25) is 0 Å². The molecule has 0 spiro atoms. The lowest BCUT2D eigenvalue weighted by molar-refractivity contribution is 0.128. The van der Waals surface area contributed by atoms with Gasteiger partial charge < -0.3 is 18.8 Å². The van der Waals surface area contributed by atoms with Crippen molar-refractivity contribution < 1.29 is 14.2 Å². The number of hydrogen-bond acceptors (Lipinski definition) is 6. The van der Waals surface area contributed by atoms with Gasteiger partial charge in [-0.1, -0.05) is 60.3 Å². The highest BCUT2D eigenvalue weighted by atomic mass is 32.2. The Balaban J connectivity index is 1.48. The normalized spacial score (nSPS) is 16.1. The molecule has 3 aromatic rings. The van der Waals surface area contributed by atoms with Crippen molar-refractivity contribution in [2.75, 3.05) is 26.1 Å². The van der Waals surface area contributed by atoms with Gasteiger partial charge in [0.1, 0.15) is 12.4 Å². The van der Waals surface area contributed by atoms with Crippen molar-refractivity contribution in [3.8, 4) is 16.9 Å². The molecule has 2 aromatic carbocycles. The van der Waals surface area contributed by atoms with Crippen LogP contribution >= 0.6 is 11.8 Å². The van der Waals surface area contributed by atoms with E-state index in [1.54, 1.807) is 18.9 Å². The molecule has 2 heterocycles. The summed E-state index contributed by atoms with van der Waals surface area (Å²) in [7, 11) is 1.70. The number of ether oxygens (including phenoxy) is 3. The third-order valence-electron chi connectivity index (χ3n) is 5.06. The summed E-state index contributed by atoms with van der Waals surface area (Å²) >= 11 is 1.69. The fourth-order valence-corrected chi connectivity index (χ4v) is 4.52. The van der Waals surface area contributed by atoms with Gasteiger partial charge >= 0.3 is 0 Å². The first-order valence-corrected chi connectivity index (χ1v) is 11.3. The first-order chi connectivity index (χ1) is 14.8. The van der Waals surface area contributed by atoms with Crippen LogP contribution in [0.1, 0.15) is 18.7 Å². The molecule has 7 heteroatoms. The fraction of sp³-hybridized carbons (Fsp3) is 0.391. The largest absolute Gasteiger partial charge is 0.485 e. The van der Waals surface area contributed by atoms with Crippen LogP contribution in [0.5, 0.6) is 5.75 Å². The molecule has 0 radical (unpaired) electrons. The molecule has 1 unspecified atom stereocenters. The Hall–Kier alpha value is -2.35. The van der Waals surface area contributed by atoms with Gasteiger partial charge in [0.2, 0.25) is 0 Å². The zero-order valence-electron chi connectivity index (χ0n) is 17.2. The van der Waals surface area contributed by atoms with E-state index in [1.165, 1.54) is 0 Å². The van der Waals surface area contributed by atoms with E-state index in [2.05, 4.69) is 33.0 Å². The van der Waals surface area contributed by atoms with Crippen LogP contribution in [0.15, 0.2) is 59.8 Å². The summed E-state index contributed by atoms with van der Waals surface area (Å²) in [4.78, 5) is 0. The Labute approximate surface area is 181 Å². The SMILES string of the molecule is COCCn1c(COc2ccccc2-c2ccccc2)nnc1SCC1CCCO1. The highest BCUT2D eigenvalue weighted by molar-refractivity contribution is 7.99. The molecule has 1 fully saturated rings. The Morgan fingerprint density at radius 2 is 1.93 bits per heavy atom. The zero-order valence-corrected chi connectivity index (χ0v) is 18.0. The molecule has 1 saturated heterocycles. The van der Waals surface area contributed by atoms with E-state index >= 15 is 0 Å². The van der Waals surface area contributed by atoms with E-state index in [0.29, 0.717) is 25.9 Å². The average Bonchev–Trinajstić information content (AvgIpc) is 3.45. The molecular weight excluding hydrogens is 398 g/mol. The van der Waals surface area contributed by atoms with Crippen LogP contribution in [0.25, 0.3) is 11.1 Å². The maximum Gasteiger partial charge on any atom is 0.191 e. The van der Waals surface area contributed by atoms with Gasteiger partial charge in [-0.15, -0.1) is 10.2 Å². The van der Waals surface area contributed by atoms with Crippen molar-refractivity contribution in [1.82, 2.24) is 14.8 Å². The molecule has 0 saturated carbocycles. The van der Waals surface area contributed by atoms with Gasteiger partial charge in [0.05, 0.1) is 12.7 Å². The van der Waals surface area contributed by atoms with E-state index in [0.717, 1.165) is 53.1 Å². The van der Waals surface area contributed by atoms with Crippen LogP contribution in [0.2, 0.25) is 0 Å². The highest BCUT2D eigenvalue weighted by Gasteiger charge is 2.19. The summed E-state index contributed by atoms with van der Waals surface area (Å²) in [6.07, 6.45) is 2.56. The molecular formula is C23H27N3O3S. The molecule has 6 nitrogen and oxygen atoms in total. The number of thioether (sulfide) groups is 1. The molecule has 0 N–H and O–H groups in total. The van der Waals surface area contributed by atoms with Crippen molar-refractivity contribution in [3.63, 3.8) is 0 Å². The van der Waals surface area contributed by atoms with E-state index in [1.807, 2.05) is 36.4 Å². The average molecular weight is 426 g/mol. The lowest BCUT2D eigenvalue weighted by Crippen LogP contribution is -2.13. The summed E-state index contributed by atoms with van der Waals surface area (Å²) in [5.74, 6) is 2.52. The maximum absolute atomic E-state index is 6.19. The molecule has 1 aromatic heterocycles. The summed E-state index contributed by atoms with van der Waals surface area (Å²) in [5, 5.41) is 9.70. The van der Waals surface area contributed by atoms with Gasteiger partial charge in [-0.05, 0) is 24.5 Å². The van der Waals surface area contributed by atoms with E-state index in [9.17, 15) is 0 Å². The van der Waals surface area contributed by atoms with Crippen molar-refractivity contribution in [3.05, 3.63) is 60.4 Å². The Bertz CT molecular complexity index is 926. The zero-order chi connectivity index (χ0) is 20.6. The van der Waals surface area contributed by atoms with Crippen LogP contribution < -0.4 is 4.74 Å². The van der Waals surface area contributed by atoms with Crippen LogP contribution in [-0.4, -0.2) is 46.9 Å². The smallest absolute Gasteiger partial charge is 0.191 e. The molecule has 30 heavy (non-hydrogen) atoms. The van der Waals surface area contributed by atoms with Crippen molar-refractivity contribution in [2.24, 2.45) is 0 Å². The van der Waals surface area contributed by atoms with Gasteiger partial charge in [0.25, 0.3) is 0 Å². The minimum Gasteiger partial charge on any atom is -0.485 e. The van der Waals surface area contributed by atoms with Crippen molar-refractivity contribution in [2.45, 2.75) is 37.3 Å². The highest BCUT2D eigenvalue weighted by Crippen LogP contribution is 2.30. The second-order valence-corrected chi connectivity index (χ2v) is 8.13. The lowest BCUT2D eigenvalue weighted by atomic mass is 10.1. The number of para-hydroxylation sites is 1. The topological polar surface area (TPSA) is 58.4 Å². The van der Waals surface area contributed by atoms with Gasteiger partial charge in [-0.2, -0.15) is 0 Å². The Morgan fingerprint density at radius 3 is 2.73 bits per heavy atom. The first kappa shape index (κ1) is 20.9. The van der Waals surface area contributed by atoms with Crippen molar-refractivity contribution in [1.29, 1.82) is 0 Å². The summed E-state index contributed by atoms with van der Waals surface area (Å²) in [6, 6.07) is 18.3. The number of rotatable bonds is 10. The van der Waals surface area contributed by atoms with Crippen LogP contribution in [0, 0.1) is 0 Å². The number of benzene rings is 2. The van der Waals surface area contributed by atoms with Gasteiger partial charge in [0.15, 0.2) is 11.0 Å². The van der Waals surface area contributed by atoms with E-state index < -0.39 is 0 Å². The minimum atomic E-state index is 0.306. The predicted molar refractivity (Wildman–Crippen MR) is 118 cm³/mol. The number of methoxy groups -OCH3 is 1. The molecule has 1 aliphatic rings. The Morgan fingerprint density at radius 1 is 1.10 bits per heavy atom. The van der Waals surface area contributed by atoms with Crippen LogP contribution in [0.3, 0.4) is 0 Å². The molecule has 4 rings (SSSR count). The monoisotopic (exact) mass is 425 g/mol. The quantitative estimate of drug-likeness (QED) is 0.448. The predicted octanol–water partition coefficient (Wildman–Crippen LogP) is 4.44. The fourth-order valence-electron chi connectivity index (χ4n) is 3.47. The number of nitrogens with zero attached hydrogens (tertiary/aromatic N) is 3. The summed E-state index contributed by atoms with van der Waals surface area (Å²) in [6.45, 7) is 2.50. The Kier molecular flexibility index (Phi) is 7.39. The maximum atomic E-state index is 6.19. The summed E-state index contributed by atoms with van der Waals surface area (Å²) in [5.41, 5.74) is 2.19. The van der Waals surface area contributed by atoms with Gasteiger partial charge in [0, 0.05) is 31.6 Å². The number of aromatic nitrogens is 3. The third kappa shape index (κ3) is 5.22. The first-order valence-electron chi connectivity index (χ1n) is 10.3. The summed E-state index contributed by atoms with van der Waals surface area (Å²) < 4.78 is 19.3. The van der Waals surface area contributed by atoms with E-state index in [-0.39, 0.29) is 0 Å². The molecule has 0 amide bonds. The van der Waals surface area contributed by atoms with Crippen LogP contribution in [-0.2, 0) is 22.6 Å². The molecule has 1 atom stereocenters. The van der Waals surface area contributed by atoms with Gasteiger partial charge in [-0.25, -0.2) is 0 Å². The standard InChI is InChI=1S/C23H27N3O3S/c1-27-15-13-26-22(24-25-23(26)30-17-19-10-7-14-28-19)16-29-21-12-6-5-11-20(21)18-8-3-2-4-9-18/h2-6,8-9,11-12,19H,7,10,13-17H2,1H3. The second kappa shape index (κ2) is 10.6. The molecule has 158 valence electrons. The lowest BCUT2D eigenvalue weighted by Gasteiger charge is -2.14.